The minimum Gasteiger partial charge on any atom is -0.337 e. The van der Waals surface area contributed by atoms with Crippen molar-refractivity contribution in [2.75, 3.05) is 18.4 Å². The van der Waals surface area contributed by atoms with Crippen LogP contribution in [-0.2, 0) is 28.4 Å². The van der Waals surface area contributed by atoms with Crippen LogP contribution in [0.1, 0.15) is 24.7 Å². The fraction of sp³-hybridized carbons (Fsp3) is 0.412. The van der Waals surface area contributed by atoms with E-state index >= 15 is 0 Å². The molecule has 0 aliphatic carbocycles. The van der Waals surface area contributed by atoms with Gasteiger partial charge in [-0.1, -0.05) is 19.1 Å². The maximum absolute atomic E-state index is 12.2. The summed E-state index contributed by atoms with van der Waals surface area (Å²) in [4.78, 5) is 16.0. The summed E-state index contributed by atoms with van der Waals surface area (Å²) >= 11 is 0. The Bertz CT molecular complexity index is 848. The fourth-order valence-electron chi connectivity index (χ4n) is 2.28. The molecule has 0 radical (unpaired) electrons. The number of nitrogens with zero attached hydrogens (tertiary/aromatic N) is 2. The van der Waals surface area contributed by atoms with Gasteiger partial charge in [0.2, 0.25) is 5.91 Å². The summed E-state index contributed by atoms with van der Waals surface area (Å²) in [6, 6.07) is 7.53. The summed E-state index contributed by atoms with van der Waals surface area (Å²) < 4.78 is 28.3. The minimum absolute atomic E-state index is 0. The second kappa shape index (κ2) is 10.4. The zero-order chi connectivity index (χ0) is 19.2. The number of hydrogen-bond acceptors (Lipinski definition) is 5. The van der Waals surface area contributed by atoms with E-state index in [1.165, 1.54) is 6.20 Å². The van der Waals surface area contributed by atoms with E-state index in [2.05, 4.69) is 20.3 Å². The molecule has 0 saturated heterocycles. The first-order valence-electron chi connectivity index (χ1n) is 8.41. The Morgan fingerprint density at radius 3 is 2.67 bits per heavy atom. The zero-order valence-electron chi connectivity index (χ0n) is 15.7. The molecule has 10 heteroatoms. The van der Waals surface area contributed by atoms with Gasteiger partial charge >= 0.3 is 0 Å². The van der Waals surface area contributed by atoms with Gasteiger partial charge in [0.1, 0.15) is 5.82 Å². The highest BCUT2D eigenvalue weighted by Crippen LogP contribution is 2.11. The third kappa shape index (κ3) is 6.94. The normalized spacial score (nSPS) is 11.1. The molecule has 150 valence electrons. The Labute approximate surface area is 166 Å². The number of aromatic nitrogens is 2. The number of halogens is 1. The third-order valence-electron chi connectivity index (χ3n) is 3.80. The molecule has 0 aliphatic heterocycles. The van der Waals surface area contributed by atoms with Gasteiger partial charge in [0, 0.05) is 38.4 Å². The summed E-state index contributed by atoms with van der Waals surface area (Å²) in [5.41, 5.74) is 1.75. The van der Waals surface area contributed by atoms with E-state index in [0.29, 0.717) is 11.5 Å². The first kappa shape index (κ1) is 23.1. The highest BCUT2D eigenvalue weighted by atomic mass is 35.5. The molecule has 3 N–H and O–H groups in total. The van der Waals surface area contributed by atoms with E-state index in [9.17, 15) is 13.2 Å². The molecule has 0 unspecified atom stereocenters. The molecular weight excluding hydrogens is 390 g/mol. The molecule has 0 spiro atoms. The Morgan fingerprint density at radius 2 is 2.04 bits per heavy atom. The molecular formula is C17H26ClN5O3S. The van der Waals surface area contributed by atoms with Crippen molar-refractivity contribution in [1.82, 2.24) is 19.6 Å². The summed E-state index contributed by atoms with van der Waals surface area (Å²) in [5, 5.41) is 5.95. The van der Waals surface area contributed by atoms with E-state index in [4.69, 9.17) is 0 Å². The number of amides is 1. The number of hydrogen-bond donors (Lipinski definition) is 3. The van der Waals surface area contributed by atoms with Crippen molar-refractivity contribution >= 4 is 34.0 Å². The standard InChI is InChI=1S/C17H25N5O3S.ClH/c1-4-18-11-14-6-5-7-15(10-14)21-16(23)8-9-19-26(24,25)17-12-22(3)13(2)20-17;/h5-7,10,12,18-19H,4,8-9,11H2,1-3H3,(H,21,23);1H. The Balaban J connectivity index is 0.00000364. The average molecular weight is 416 g/mol. The lowest BCUT2D eigenvalue weighted by atomic mass is 10.2. The second-order valence-corrected chi connectivity index (χ2v) is 7.63. The first-order chi connectivity index (χ1) is 12.3. The van der Waals surface area contributed by atoms with Crippen molar-refractivity contribution in [3.63, 3.8) is 0 Å². The number of anilines is 1. The number of rotatable bonds is 9. The molecule has 0 fully saturated rings. The Hall–Kier alpha value is -1.94. The van der Waals surface area contributed by atoms with Gasteiger partial charge in [-0.2, -0.15) is 0 Å². The Morgan fingerprint density at radius 1 is 1.30 bits per heavy atom. The number of nitrogens with one attached hydrogen (secondary N) is 3. The average Bonchev–Trinajstić information content (AvgIpc) is 2.93. The van der Waals surface area contributed by atoms with Crippen LogP contribution in [0.25, 0.3) is 0 Å². The maximum Gasteiger partial charge on any atom is 0.259 e. The highest BCUT2D eigenvalue weighted by Gasteiger charge is 2.18. The number of carbonyl (C=O) groups is 1. The van der Waals surface area contributed by atoms with E-state index in [-0.39, 0.29) is 36.3 Å². The van der Waals surface area contributed by atoms with E-state index in [1.807, 2.05) is 25.1 Å². The highest BCUT2D eigenvalue weighted by molar-refractivity contribution is 7.89. The van der Waals surface area contributed by atoms with Crippen LogP contribution in [0.2, 0.25) is 0 Å². The molecule has 8 nitrogen and oxygen atoms in total. The van der Waals surface area contributed by atoms with E-state index < -0.39 is 10.0 Å². The van der Waals surface area contributed by atoms with Crippen LogP contribution >= 0.6 is 12.4 Å². The van der Waals surface area contributed by atoms with Crippen molar-refractivity contribution in [3.8, 4) is 0 Å². The van der Waals surface area contributed by atoms with E-state index in [1.54, 1.807) is 24.6 Å². The largest absolute Gasteiger partial charge is 0.337 e. The van der Waals surface area contributed by atoms with Gasteiger partial charge in [-0.3, -0.25) is 4.79 Å². The monoisotopic (exact) mass is 415 g/mol. The lowest BCUT2D eigenvalue weighted by Gasteiger charge is -2.08. The van der Waals surface area contributed by atoms with Gasteiger partial charge in [-0.05, 0) is 31.2 Å². The predicted molar refractivity (Wildman–Crippen MR) is 107 cm³/mol. The molecule has 0 bridgehead atoms. The van der Waals surface area contributed by atoms with Gasteiger partial charge in [-0.25, -0.2) is 18.1 Å². The van der Waals surface area contributed by atoms with Crippen molar-refractivity contribution in [2.45, 2.75) is 31.8 Å². The van der Waals surface area contributed by atoms with Crippen molar-refractivity contribution < 1.29 is 13.2 Å². The quantitative estimate of drug-likeness (QED) is 0.576. The van der Waals surface area contributed by atoms with E-state index in [0.717, 1.165) is 18.7 Å². The fourth-order valence-corrected chi connectivity index (χ4v) is 3.35. The molecule has 2 rings (SSSR count). The summed E-state index contributed by atoms with van der Waals surface area (Å²) in [6.45, 7) is 5.34. The third-order valence-corrected chi connectivity index (χ3v) is 5.13. The van der Waals surface area contributed by atoms with Crippen LogP contribution in [0.5, 0.6) is 0 Å². The van der Waals surface area contributed by atoms with Gasteiger partial charge < -0.3 is 15.2 Å². The van der Waals surface area contributed by atoms with Gasteiger partial charge in [0.15, 0.2) is 5.03 Å². The number of sulfonamides is 1. The van der Waals surface area contributed by atoms with Crippen LogP contribution in [0.4, 0.5) is 5.69 Å². The summed E-state index contributed by atoms with van der Waals surface area (Å²) in [6.07, 6.45) is 1.47. The molecule has 1 aromatic heterocycles. The lowest BCUT2D eigenvalue weighted by molar-refractivity contribution is -0.116. The van der Waals surface area contributed by atoms with Crippen LogP contribution < -0.4 is 15.4 Å². The predicted octanol–water partition coefficient (Wildman–Crippen LogP) is 1.57. The number of imidazole rings is 1. The SMILES string of the molecule is CCNCc1cccc(NC(=O)CCNS(=O)(=O)c2cn(C)c(C)n2)c1.Cl. The van der Waals surface area contributed by atoms with Crippen LogP contribution in [0.15, 0.2) is 35.5 Å². The van der Waals surface area contributed by atoms with Crippen molar-refractivity contribution in [2.24, 2.45) is 7.05 Å². The number of aryl methyl sites for hydroxylation is 2. The molecule has 0 saturated carbocycles. The summed E-state index contributed by atoms with van der Waals surface area (Å²) in [7, 11) is -2.00. The smallest absolute Gasteiger partial charge is 0.259 e. The molecule has 0 atom stereocenters. The van der Waals surface area contributed by atoms with Crippen molar-refractivity contribution in [1.29, 1.82) is 0 Å². The van der Waals surface area contributed by atoms with Crippen LogP contribution in [0, 0.1) is 6.92 Å². The van der Waals surface area contributed by atoms with Gasteiger partial charge in [-0.15, -0.1) is 12.4 Å². The van der Waals surface area contributed by atoms with Crippen LogP contribution in [-0.4, -0.2) is 37.0 Å². The maximum atomic E-state index is 12.2. The minimum atomic E-state index is -3.72. The first-order valence-corrected chi connectivity index (χ1v) is 9.89. The Kier molecular flexibility index (Phi) is 8.91. The second-order valence-electron chi connectivity index (χ2n) is 5.91. The molecule has 1 aromatic carbocycles. The molecule has 1 heterocycles. The topological polar surface area (TPSA) is 105 Å². The molecule has 27 heavy (non-hydrogen) atoms. The number of benzene rings is 1. The van der Waals surface area contributed by atoms with Crippen LogP contribution in [0.3, 0.4) is 0 Å². The van der Waals surface area contributed by atoms with Gasteiger partial charge in [0.05, 0.1) is 0 Å². The summed E-state index contributed by atoms with van der Waals surface area (Å²) in [5.74, 6) is 0.339. The lowest BCUT2D eigenvalue weighted by Crippen LogP contribution is -2.28. The number of carbonyl (C=O) groups excluding carboxylic acids is 1. The molecule has 0 aliphatic rings. The zero-order valence-corrected chi connectivity index (χ0v) is 17.3. The van der Waals surface area contributed by atoms with Gasteiger partial charge in [0.25, 0.3) is 10.0 Å². The molecule has 2 aromatic rings. The molecule has 1 amide bonds. The van der Waals surface area contributed by atoms with Crippen molar-refractivity contribution in [3.05, 3.63) is 41.9 Å².